The maximum atomic E-state index is 12.6. The van der Waals surface area contributed by atoms with Crippen molar-refractivity contribution in [2.75, 3.05) is 14.1 Å². The Morgan fingerprint density at radius 1 is 1.15 bits per heavy atom. The van der Waals surface area contributed by atoms with E-state index in [0.717, 1.165) is 34.0 Å². The number of amides is 1. The molecule has 1 aliphatic heterocycles. The molecule has 0 aliphatic carbocycles. The minimum absolute atomic E-state index is 0.124. The molecule has 0 bridgehead atoms. The number of nitrogens with zero attached hydrogens (tertiary/aromatic N) is 4. The van der Waals surface area contributed by atoms with Gasteiger partial charge in [0.15, 0.2) is 5.69 Å². The Balaban J connectivity index is 2.00. The smallest absolute Gasteiger partial charge is 0.273 e. The zero-order valence-corrected chi connectivity index (χ0v) is 16.2. The Hall–Kier alpha value is -2.92. The Kier molecular flexibility index (Phi) is 4.32. The lowest BCUT2D eigenvalue weighted by Crippen LogP contribution is -2.23. The molecule has 136 valence electrons. The van der Waals surface area contributed by atoms with Crippen LogP contribution >= 0.6 is 11.6 Å². The number of rotatable bonds is 2. The Labute approximate surface area is 162 Å². The first-order valence-electron chi connectivity index (χ1n) is 8.67. The summed E-state index contributed by atoms with van der Waals surface area (Å²) in [7, 11) is 3.46. The van der Waals surface area contributed by atoms with Gasteiger partial charge >= 0.3 is 0 Å². The lowest BCUT2D eigenvalue weighted by molar-refractivity contribution is 0.0821. The van der Waals surface area contributed by atoms with E-state index in [1.807, 2.05) is 60.0 Å². The number of fused-ring (bicyclic) bond motifs is 3. The van der Waals surface area contributed by atoms with Gasteiger partial charge in [-0.25, -0.2) is 4.98 Å². The first kappa shape index (κ1) is 17.5. The summed E-state index contributed by atoms with van der Waals surface area (Å²) < 4.78 is 2.02. The molecule has 0 atom stereocenters. The highest BCUT2D eigenvalue weighted by atomic mass is 35.5. The molecule has 0 saturated carbocycles. The van der Waals surface area contributed by atoms with E-state index in [0.29, 0.717) is 17.3 Å². The van der Waals surface area contributed by atoms with Gasteiger partial charge in [-0.05, 0) is 25.1 Å². The molecule has 27 heavy (non-hydrogen) atoms. The zero-order chi connectivity index (χ0) is 19.1. The maximum Gasteiger partial charge on any atom is 0.273 e. The van der Waals surface area contributed by atoms with Gasteiger partial charge < -0.3 is 4.90 Å². The van der Waals surface area contributed by atoms with Crippen LogP contribution < -0.4 is 0 Å². The SMILES string of the molecule is Cc1nc(C(=O)N(C)C)c2n1-c1ccc(Cl)cc1C(c1ccccc1)=NC2. The molecular weight excluding hydrogens is 360 g/mol. The van der Waals surface area contributed by atoms with Crippen LogP contribution in [0.4, 0.5) is 0 Å². The Morgan fingerprint density at radius 2 is 1.89 bits per heavy atom. The van der Waals surface area contributed by atoms with E-state index in [1.165, 1.54) is 4.90 Å². The monoisotopic (exact) mass is 378 g/mol. The third kappa shape index (κ3) is 2.94. The molecule has 2 aromatic carbocycles. The summed E-state index contributed by atoms with van der Waals surface area (Å²) in [5.41, 5.74) is 4.96. The summed E-state index contributed by atoms with van der Waals surface area (Å²) in [4.78, 5) is 23.6. The van der Waals surface area contributed by atoms with Crippen LogP contribution in [0.15, 0.2) is 53.5 Å². The molecule has 1 aliphatic rings. The summed E-state index contributed by atoms with van der Waals surface area (Å²) >= 11 is 6.31. The fraction of sp³-hybridized carbons (Fsp3) is 0.190. The summed E-state index contributed by atoms with van der Waals surface area (Å²) in [6.45, 7) is 2.27. The highest BCUT2D eigenvalue weighted by molar-refractivity contribution is 6.31. The number of halogens is 1. The second-order valence-corrected chi connectivity index (χ2v) is 7.12. The van der Waals surface area contributed by atoms with Crippen molar-refractivity contribution in [2.24, 2.45) is 4.99 Å². The molecule has 3 aromatic rings. The minimum Gasteiger partial charge on any atom is -0.343 e. The van der Waals surface area contributed by atoms with Gasteiger partial charge in [0.2, 0.25) is 0 Å². The van der Waals surface area contributed by atoms with Gasteiger partial charge in [-0.15, -0.1) is 0 Å². The number of aromatic nitrogens is 2. The number of aryl methyl sites for hydroxylation is 1. The van der Waals surface area contributed by atoms with E-state index in [4.69, 9.17) is 16.6 Å². The van der Waals surface area contributed by atoms with E-state index >= 15 is 0 Å². The molecule has 2 heterocycles. The van der Waals surface area contributed by atoms with Crippen LogP contribution in [0.3, 0.4) is 0 Å². The van der Waals surface area contributed by atoms with Crippen LogP contribution in [-0.2, 0) is 6.54 Å². The molecule has 1 aromatic heterocycles. The van der Waals surface area contributed by atoms with Crippen LogP contribution in [-0.4, -0.2) is 40.2 Å². The van der Waals surface area contributed by atoms with Crippen LogP contribution in [0.1, 0.15) is 33.1 Å². The predicted molar refractivity (Wildman–Crippen MR) is 107 cm³/mol. The zero-order valence-electron chi connectivity index (χ0n) is 15.4. The van der Waals surface area contributed by atoms with Crippen LogP contribution in [0.25, 0.3) is 5.69 Å². The fourth-order valence-electron chi connectivity index (χ4n) is 3.40. The molecular formula is C21H19ClN4O. The molecule has 1 amide bonds. The third-order valence-corrected chi connectivity index (χ3v) is 4.87. The molecule has 0 radical (unpaired) electrons. The van der Waals surface area contributed by atoms with Gasteiger partial charge in [0, 0.05) is 30.2 Å². The van der Waals surface area contributed by atoms with Crippen molar-refractivity contribution >= 4 is 23.2 Å². The van der Waals surface area contributed by atoms with E-state index < -0.39 is 0 Å². The first-order valence-corrected chi connectivity index (χ1v) is 9.05. The number of imidazole rings is 1. The normalized spacial score (nSPS) is 12.7. The van der Waals surface area contributed by atoms with Gasteiger partial charge in [-0.2, -0.15) is 0 Å². The summed E-state index contributed by atoms with van der Waals surface area (Å²) in [6, 6.07) is 15.7. The van der Waals surface area contributed by atoms with Crippen molar-refractivity contribution in [1.82, 2.24) is 14.5 Å². The quantitative estimate of drug-likeness (QED) is 0.679. The molecule has 0 fully saturated rings. The lowest BCUT2D eigenvalue weighted by atomic mass is 10.0. The Bertz CT molecular complexity index is 1070. The molecule has 0 unspecified atom stereocenters. The summed E-state index contributed by atoms with van der Waals surface area (Å²) in [6.07, 6.45) is 0. The number of aliphatic imine (C=N–C) groups is 1. The highest BCUT2D eigenvalue weighted by Gasteiger charge is 2.27. The van der Waals surface area contributed by atoms with Crippen molar-refractivity contribution in [2.45, 2.75) is 13.5 Å². The predicted octanol–water partition coefficient (Wildman–Crippen LogP) is 3.89. The van der Waals surface area contributed by atoms with E-state index in [9.17, 15) is 4.79 Å². The lowest BCUT2D eigenvalue weighted by Gasteiger charge is -2.14. The second-order valence-electron chi connectivity index (χ2n) is 6.68. The molecule has 4 rings (SSSR count). The van der Waals surface area contributed by atoms with Gasteiger partial charge in [0.1, 0.15) is 5.82 Å². The third-order valence-electron chi connectivity index (χ3n) is 4.64. The number of hydrogen-bond donors (Lipinski definition) is 0. The topological polar surface area (TPSA) is 50.5 Å². The summed E-state index contributed by atoms with van der Waals surface area (Å²) in [5.74, 6) is 0.629. The number of hydrogen-bond acceptors (Lipinski definition) is 3. The van der Waals surface area contributed by atoms with E-state index in [2.05, 4.69) is 4.98 Å². The molecule has 0 N–H and O–H groups in total. The van der Waals surface area contributed by atoms with Crippen molar-refractivity contribution in [3.8, 4) is 5.69 Å². The van der Waals surface area contributed by atoms with Gasteiger partial charge in [0.25, 0.3) is 5.91 Å². The average molecular weight is 379 g/mol. The standard InChI is InChI=1S/C21H19ClN4O/c1-13-24-20(21(27)25(2)3)18-12-23-19(14-7-5-4-6-8-14)16-11-15(22)9-10-17(16)26(13)18/h4-11H,12H2,1-3H3. The number of carbonyl (C=O) groups excluding carboxylic acids is 1. The molecule has 0 saturated heterocycles. The largest absolute Gasteiger partial charge is 0.343 e. The van der Waals surface area contributed by atoms with Crippen molar-refractivity contribution in [3.63, 3.8) is 0 Å². The van der Waals surface area contributed by atoms with E-state index in [1.54, 1.807) is 14.1 Å². The minimum atomic E-state index is -0.124. The van der Waals surface area contributed by atoms with Gasteiger partial charge in [0.05, 0.1) is 23.6 Å². The van der Waals surface area contributed by atoms with Gasteiger partial charge in [-0.1, -0.05) is 41.9 Å². The second kappa shape index (κ2) is 6.67. The fourth-order valence-corrected chi connectivity index (χ4v) is 3.57. The molecule has 5 nitrogen and oxygen atoms in total. The molecule has 6 heteroatoms. The number of carbonyl (C=O) groups is 1. The van der Waals surface area contributed by atoms with Gasteiger partial charge in [-0.3, -0.25) is 14.4 Å². The van der Waals surface area contributed by atoms with Crippen molar-refractivity contribution in [3.05, 3.63) is 81.9 Å². The molecule has 0 spiro atoms. The van der Waals surface area contributed by atoms with Crippen molar-refractivity contribution < 1.29 is 4.79 Å². The average Bonchev–Trinajstić information content (AvgIpc) is 2.88. The van der Waals surface area contributed by atoms with E-state index in [-0.39, 0.29) is 5.91 Å². The first-order chi connectivity index (χ1) is 13.0. The number of benzene rings is 2. The highest BCUT2D eigenvalue weighted by Crippen LogP contribution is 2.30. The maximum absolute atomic E-state index is 12.6. The van der Waals surface area contributed by atoms with Crippen molar-refractivity contribution in [1.29, 1.82) is 0 Å². The Morgan fingerprint density at radius 3 is 2.59 bits per heavy atom. The van der Waals surface area contributed by atoms with Crippen LogP contribution in [0, 0.1) is 6.92 Å². The van der Waals surface area contributed by atoms with Crippen LogP contribution in [0.5, 0.6) is 0 Å². The summed E-state index contributed by atoms with van der Waals surface area (Å²) in [5, 5.41) is 0.642. The van der Waals surface area contributed by atoms with Crippen LogP contribution in [0.2, 0.25) is 5.02 Å².